The van der Waals surface area contributed by atoms with E-state index in [9.17, 15) is 0 Å². The lowest BCUT2D eigenvalue weighted by Gasteiger charge is -2.22. The number of nitrogens with zero attached hydrogens (tertiary/aromatic N) is 2. The molecule has 1 rings (SSSR count). The summed E-state index contributed by atoms with van der Waals surface area (Å²) in [6.45, 7) is 8.86. The molecule has 2 atom stereocenters. The van der Waals surface area contributed by atoms with Crippen molar-refractivity contribution in [3.8, 4) is 0 Å². The van der Waals surface area contributed by atoms with Gasteiger partial charge in [-0.3, -0.25) is 4.68 Å². The van der Waals surface area contributed by atoms with Crippen molar-refractivity contribution in [3.63, 3.8) is 0 Å². The predicted octanol–water partition coefficient (Wildman–Crippen LogP) is 2.12. The fourth-order valence-corrected chi connectivity index (χ4v) is 1.35. The Hall–Kier alpha value is -0.830. The molecule has 1 N–H and O–H groups in total. The molecule has 0 saturated heterocycles. The predicted molar refractivity (Wildman–Crippen MR) is 59.1 cm³/mol. The summed E-state index contributed by atoms with van der Waals surface area (Å²) in [4.78, 5) is 0. The molecule has 1 heterocycles. The van der Waals surface area contributed by atoms with Crippen molar-refractivity contribution in [2.75, 3.05) is 0 Å². The minimum atomic E-state index is 0.376. The molecule has 0 fully saturated rings. The molecule has 3 heteroatoms. The number of nitrogens with one attached hydrogen (secondary N) is 1. The van der Waals surface area contributed by atoms with E-state index in [0.717, 1.165) is 0 Å². The van der Waals surface area contributed by atoms with Crippen LogP contribution in [0.4, 0.5) is 0 Å². The molecule has 1 aromatic heterocycles. The van der Waals surface area contributed by atoms with E-state index in [1.165, 1.54) is 5.56 Å². The van der Waals surface area contributed by atoms with Gasteiger partial charge in [0.15, 0.2) is 0 Å². The van der Waals surface area contributed by atoms with Crippen LogP contribution >= 0.6 is 0 Å². The third kappa shape index (κ3) is 2.84. The zero-order chi connectivity index (χ0) is 10.7. The highest BCUT2D eigenvalue weighted by molar-refractivity contribution is 5.09. The van der Waals surface area contributed by atoms with Crippen LogP contribution in [0.15, 0.2) is 12.4 Å². The average Bonchev–Trinajstić information content (AvgIpc) is 2.51. The third-order valence-corrected chi connectivity index (χ3v) is 2.74. The van der Waals surface area contributed by atoms with Gasteiger partial charge in [-0.1, -0.05) is 13.8 Å². The van der Waals surface area contributed by atoms with Crippen LogP contribution in [0.5, 0.6) is 0 Å². The Kier molecular flexibility index (Phi) is 3.69. The Bertz CT molecular complexity index is 278. The lowest BCUT2D eigenvalue weighted by Crippen LogP contribution is -2.32. The molecule has 0 aliphatic carbocycles. The highest BCUT2D eigenvalue weighted by Gasteiger charge is 2.12. The number of aromatic nitrogens is 2. The molecular formula is C11H21N3. The Morgan fingerprint density at radius 3 is 2.36 bits per heavy atom. The minimum absolute atomic E-state index is 0.376. The van der Waals surface area contributed by atoms with Crippen LogP contribution in [0.3, 0.4) is 0 Å². The first-order valence-electron chi connectivity index (χ1n) is 5.25. The quantitative estimate of drug-likeness (QED) is 0.797. The molecular weight excluding hydrogens is 174 g/mol. The summed E-state index contributed by atoms with van der Waals surface area (Å²) in [6, 6.07) is 0.909. The zero-order valence-electron chi connectivity index (χ0n) is 9.78. The molecule has 1 aromatic rings. The second-order valence-electron chi connectivity index (χ2n) is 4.37. The Balaban J connectivity index is 2.54. The van der Waals surface area contributed by atoms with Crippen molar-refractivity contribution in [2.24, 2.45) is 13.0 Å². The molecule has 0 radical (unpaired) electrons. The Morgan fingerprint density at radius 2 is 1.93 bits per heavy atom. The van der Waals surface area contributed by atoms with Gasteiger partial charge in [-0.15, -0.1) is 0 Å². The first-order chi connectivity index (χ1) is 6.50. The molecule has 0 saturated carbocycles. The van der Waals surface area contributed by atoms with E-state index in [0.29, 0.717) is 18.0 Å². The molecule has 0 aliphatic heterocycles. The lowest BCUT2D eigenvalue weighted by molar-refractivity contribution is 0.389. The lowest BCUT2D eigenvalue weighted by atomic mass is 10.0. The summed E-state index contributed by atoms with van der Waals surface area (Å²) in [6.07, 6.45) is 3.98. The standard InChI is InChI=1S/C11H21N3/c1-8(2)9(3)13-10(4)11-6-12-14(5)7-11/h6-10,13H,1-5H3/t9-,10+/m1/s1. The van der Waals surface area contributed by atoms with Crippen LogP contribution in [0.25, 0.3) is 0 Å². The van der Waals surface area contributed by atoms with Gasteiger partial charge in [0, 0.05) is 30.9 Å². The zero-order valence-corrected chi connectivity index (χ0v) is 9.78. The third-order valence-electron chi connectivity index (χ3n) is 2.74. The van der Waals surface area contributed by atoms with E-state index in [4.69, 9.17) is 0 Å². The maximum Gasteiger partial charge on any atom is 0.0537 e. The second-order valence-corrected chi connectivity index (χ2v) is 4.37. The number of rotatable bonds is 4. The van der Waals surface area contributed by atoms with Crippen LogP contribution < -0.4 is 5.32 Å². The monoisotopic (exact) mass is 195 g/mol. The van der Waals surface area contributed by atoms with E-state index in [1.54, 1.807) is 0 Å². The van der Waals surface area contributed by atoms with Gasteiger partial charge >= 0.3 is 0 Å². The van der Waals surface area contributed by atoms with Crippen LogP contribution in [0.1, 0.15) is 39.3 Å². The normalized spacial score (nSPS) is 15.9. The summed E-state index contributed by atoms with van der Waals surface area (Å²) < 4.78 is 1.84. The number of aryl methyl sites for hydroxylation is 1. The van der Waals surface area contributed by atoms with Gasteiger partial charge < -0.3 is 5.32 Å². The highest BCUT2D eigenvalue weighted by Crippen LogP contribution is 2.13. The SMILES string of the molecule is CC(C)[C@@H](C)N[C@@H](C)c1cnn(C)c1. The molecule has 0 aliphatic rings. The molecule has 0 bridgehead atoms. The first kappa shape index (κ1) is 11.2. The van der Waals surface area contributed by atoms with Gasteiger partial charge in [-0.05, 0) is 19.8 Å². The fraction of sp³-hybridized carbons (Fsp3) is 0.727. The van der Waals surface area contributed by atoms with E-state index in [2.05, 4.69) is 44.3 Å². The molecule has 0 amide bonds. The average molecular weight is 195 g/mol. The summed E-state index contributed by atoms with van der Waals surface area (Å²) in [7, 11) is 1.95. The smallest absolute Gasteiger partial charge is 0.0537 e. The molecule has 14 heavy (non-hydrogen) atoms. The fourth-order valence-electron chi connectivity index (χ4n) is 1.35. The molecule has 80 valence electrons. The second kappa shape index (κ2) is 4.60. The number of hydrogen-bond acceptors (Lipinski definition) is 2. The maximum absolute atomic E-state index is 4.17. The van der Waals surface area contributed by atoms with Crippen LogP contribution in [-0.4, -0.2) is 15.8 Å². The van der Waals surface area contributed by atoms with Gasteiger partial charge in [0.2, 0.25) is 0 Å². The Morgan fingerprint density at radius 1 is 1.29 bits per heavy atom. The first-order valence-corrected chi connectivity index (χ1v) is 5.25. The van der Waals surface area contributed by atoms with Gasteiger partial charge in [0.25, 0.3) is 0 Å². The highest BCUT2D eigenvalue weighted by atomic mass is 15.2. The largest absolute Gasteiger partial charge is 0.307 e. The molecule has 3 nitrogen and oxygen atoms in total. The Labute approximate surface area is 86.5 Å². The van der Waals surface area contributed by atoms with E-state index >= 15 is 0 Å². The number of hydrogen-bond donors (Lipinski definition) is 1. The van der Waals surface area contributed by atoms with Gasteiger partial charge in [-0.2, -0.15) is 5.10 Å². The summed E-state index contributed by atoms with van der Waals surface area (Å²) in [5, 5.41) is 7.72. The van der Waals surface area contributed by atoms with Crippen LogP contribution in [0, 0.1) is 5.92 Å². The molecule has 0 spiro atoms. The maximum atomic E-state index is 4.17. The van der Waals surface area contributed by atoms with Crippen molar-refractivity contribution in [2.45, 2.75) is 39.8 Å². The van der Waals surface area contributed by atoms with Gasteiger partial charge in [0.1, 0.15) is 0 Å². The van der Waals surface area contributed by atoms with Crippen molar-refractivity contribution < 1.29 is 0 Å². The topological polar surface area (TPSA) is 29.9 Å². The van der Waals surface area contributed by atoms with E-state index < -0.39 is 0 Å². The van der Waals surface area contributed by atoms with Crippen molar-refractivity contribution in [1.82, 2.24) is 15.1 Å². The van der Waals surface area contributed by atoms with Crippen molar-refractivity contribution in [3.05, 3.63) is 18.0 Å². The summed E-state index contributed by atoms with van der Waals surface area (Å²) in [5.74, 6) is 0.661. The van der Waals surface area contributed by atoms with E-state index in [1.807, 2.05) is 17.9 Å². The van der Waals surface area contributed by atoms with Crippen molar-refractivity contribution in [1.29, 1.82) is 0 Å². The summed E-state index contributed by atoms with van der Waals surface area (Å²) >= 11 is 0. The summed E-state index contributed by atoms with van der Waals surface area (Å²) in [5.41, 5.74) is 1.25. The molecule has 0 unspecified atom stereocenters. The van der Waals surface area contributed by atoms with Crippen LogP contribution in [0.2, 0.25) is 0 Å². The molecule has 0 aromatic carbocycles. The minimum Gasteiger partial charge on any atom is -0.307 e. The van der Waals surface area contributed by atoms with Gasteiger partial charge in [-0.25, -0.2) is 0 Å². The van der Waals surface area contributed by atoms with Crippen LogP contribution in [-0.2, 0) is 7.05 Å². The van der Waals surface area contributed by atoms with E-state index in [-0.39, 0.29) is 0 Å². The van der Waals surface area contributed by atoms with Crippen molar-refractivity contribution >= 4 is 0 Å². The van der Waals surface area contributed by atoms with Gasteiger partial charge in [0.05, 0.1) is 6.20 Å².